The van der Waals surface area contributed by atoms with Crippen molar-refractivity contribution in [2.75, 3.05) is 19.7 Å². The Bertz CT molecular complexity index is 831. The molecule has 0 unspecified atom stereocenters. The van der Waals surface area contributed by atoms with E-state index in [-0.39, 0.29) is 29.0 Å². The first-order chi connectivity index (χ1) is 13.0. The largest absolute Gasteiger partial charge is 0.452 e. The van der Waals surface area contributed by atoms with Crippen molar-refractivity contribution in [1.29, 1.82) is 0 Å². The van der Waals surface area contributed by atoms with Crippen molar-refractivity contribution in [3.63, 3.8) is 0 Å². The van der Waals surface area contributed by atoms with Gasteiger partial charge in [-0.1, -0.05) is 13.8 Å². The lowest BCUT2D eigenvalue weighted by molar-refractivity contribution is -0.137. The standard InChI is InChI=1S/C19H27BrN2O5S/c1-12(2)21-28(25,26)15-5-6-17(20)16(8-15)19(24)27-11-18(23)22-9-13(3)7-14(4)10-22/h5-6,8,12-14,21H,7,9-11H2,1-4H3/t13-,14+. The molecule has 0 aromatic heterocycles. The molecule has 156 valence electrons. The molecule has 2 atom stereocenters. The van der Waals surface area contributed by atoms with Gasteiger partial charge in [0.05, 0.1) is 10.5 Å². The predicted molar refractivity (Wildman–Crippen MR) is 109 cm³/mol. The third kappa shape index (κ3) is 6.02. The van der Waals surface area contributed by atoms with E-state index in [0.29, 0.717) is 29.4 Å². The summed E-state index contributed by atoms with van der Waals surface area (Å²) in [5.74, 6) is -0.172. The quantitative estimate of drug-likeness (QED) is 0.639. The number of hydrogen-bond acceptors (Lipinski definition) is 5. The monoisotopic (exact) mass is 474 g/mol. The molecule has 1 aliphatic rings. The Labute approximate surface area is 175 Å². The van der Waals surface area contributed by atoms with Crippen LogP contribution in [0.1, 0.15) is 44.5 Å². The topological polar surface area (TPSA) is 92.8 Å². The van der Waals surface area contributed by atoms with Crippen LogP contribution in [0.25, 0.3) is 0 Å². The van der Waals surface area contributed by atoms with Gasteiger partial charge in [-0.3, -0.25) is 4.79 Å². The average molecular weight is 475 g/mol. The number of hydrogen-bond donors (Lipinski definition) is 1. The summed E-state index contributed by atoms with van der Waals surface area (Å²) in [5, 5.41) is 0. The maximum absolute atomic E-state index is 12.4. The lowest BCUT2D eigenvalue weighted by atomic mass is 9.92. The number of nitrogens with zero attached hydrogens (tertiary/aromatic N) is 1. The van der Waals surface area contributed by atoms with Gasteiger partial charge in [-0.15, -0.1) is 0 Å². The number of esters is 1. The molecule has 9 heteroatoms. The third-order valence-electron chi connectivity index (χ3n) is 4.41. The summed E-state index contributed by atoms with van der Waals surface area (Å²) in [7, 11) is -3.75. The maximum Gasteiger partial charge on any atom is 0.339 e. The summed E-state index contributed by atoms with van der Waals surface area (Å²) in [6.45, 7) is 8.54. The van der Waals surface area contributed by atoms with E-state index < -0.39 is 16.0 Å². The van der Waals surface area contributed by atoms with Crippen molar-refractivity contribution in [1.82, 2.24) is 9.62 Å². The fourth-order valence-electron chi connectivity index (χ4n) is 3.37. The fourth-order valence-corrected chi connectivity index (χ4v) is 5.05. The van der Waals surface area contributed by atoms with E-state index >= 15 is 0 Å². The highest BCUT2D eigenvalue weighted by molar-refractivity contribution is 9.10. The van der Waals surface area contributed by atoms with Crippen LogP contribution in [0.2, 0.25) is 0 Å². The molecule has 0 saturated carbocycles. The molecule has 1 aromatic rings. The first-order valence-electron chi connectivity index (χ1n) is 9.26. The van der Waals surface area contributed by atoms with Crippen LogP contribution in [0, 0.1) is 11.8 Å². The van der Waals surface area contributed by atoms with Crippen molar-refractivity contribution in [3.8, 4) is 0 Å². The number of amides is 1. The lowest BCUT2D eigenvalue weighted by Crippen LogP contribution is -2.44. The second-order valence-corrected chi connectivity index (χ2v) is 10.3. The number of sulfonamides is 1. The van der Waals surface area contributed by atoms with Crippen LogP contribution in [0.15, 0.2) is 27.6 Å². The maximum atomic E-state index is 12.4. The molecule has 0 bridgehead atoms. The summed E-state index contributed by atoms with van der Waals surface area (Å²) >= 11 is 3.24. The van der Waals surface area contributed by atoms with Crippen LogP contribution in [0.5, 0.6) is 0 Å². The second-order valence-electron chi connectivity index (χ2n) is 7.74. The summed E-state index contributed by atoms with van der Waals surface area (Å²) in [5.41, 5.74) is 0.0554. The van der Waals surface area contributed by atoms with Gasteiger partial charge in [0.2, 0.25) is 10.0 Å². The predicted octanol–water partition coefficient (Wildman–Crippen LogP) is 2.80. The highest BCUT2D eigenvalue weighted by atomic mass is 79.9. The number of ether oxygens (including phenoxy) is 1. The van der Waals surface area contributed by atoms with E-state index in [0.717, 1.165) is 6.42 Å². The zero-order valence-corrected chi connectivity index (χ0v) is 19.0. The van der Waals surface area contributed by atoms with Gasteiger partial charge in [0.25, 0.3) is 5.91 Å². The minimum absolute atomic E-state index is 0.0404. The Morgan fingerprint density at radius 1 is 1.25 bits per heavy atom. The molecule has 1 amide bonds. The molecule has 1 aromatic carbocycles. The SMILES string of the molecule is CC(C)NS(=O)(=O)c1ccc(Br)c(C(=O)OCC(=O)N2C[C@H](C)C[C@H](C)C2)c1. The minimum Gasteiger partial charge on any atom is -0.452 e. The second kappa shape index (κ2) is 9.37. The van der Waals surface area contributed by atoms with Crippen LogP contribution < -0.4 is 4.72 Å². The third-order valence-corrected chi connectivity index (χ3v) is 6.75. The minimum atomic E-state index is -3.75. The van der Waals surface area contributed by atoms with Gasteiger partial charge in [-0.25, -0.2) is 17.9 Å². The molecule has 0 aliphatic carbocycles. The molecule has 28 heavy (non-hydrogen) atoms. The smallest absolute Gasteiger partial charge is 0.339 e. The van der Waals surface area contributed by atoms with Crippen molar-refractivity contribution < 1.29 is 22.7 Å². The molecule has 1 aliphatic heterocycles. The van der Waals surface area contributed by atoms with E-state index in [1.165, 1.54) is 18.2 Å². The Kier molecular flexibility index (Phi) is 7.64. The highest BCUT2D eigenvalue weighted by Crippen LogP contribution is 2.23. The Morgan fingerprint density at radius 2 is 1.86 bits per heavy atom. The van der Waals surface area contributed by atoms with Crippen LogP contribution in [-0.4, -0.2) is 50.9 Å². The van der Waals surface area contributed by atoms with Gasteiger partial charge in [0.1, 0.15) is 0 Å². The molecule has 7 nitrogen and oxygen atoms in total. The summed E-state index contributed by atoms with van der Waals surface area (Å²) < 4.78 is 32.7. The van der Waals surface area contributed by atoms with Crippen molar-refractivity contribution >= 4 is 37.8 Å². The van der Waals surface area contributed by atoms with Crippen LogP contribution >= 0.6 is 15.9 Å². The van der Waals surface area contributed by atoms with Gasteiger partial charge in [-0.05, 0) is 66.2 Å². The normalized spacial score (nSPS) is 20.3. The van der Waals surface area contributed by atoms with Crippen molar-refractivity contribution in [3.05, 3.63) is 28.2 Å². The van der Waals surface area contributed by atoms with Crippen LogP contribution in [0.4, 0.5) is 0 Å². The summed E-state index contributed by atoms with van der Waals surface area (Å²) in [6, 6.07) is 3.83. The van der Waals surface area contributed by atoms with Crippen molar-refractivity contribution in [2.45, 2.75) is 45.1 Å². The van der Waals surface area contributed by atoms with Gasteiger partial charge in [0.15, 0.2) is 6.61 Å². The zero-order valence-electron chi connectivity index (χ0n) is 16.6. The lowest BCUT2D eigenvalue weighted by Gasteiger charge is -2.34. The molecule has 0 spiro atoms. The molecular weight excluding hydrogens is 448 g/mol. The van der Waals surface area contributed by atoms with E-state index in [4.69, 9.17) is 4.74 Å². The number of nitrogens with one attached hydrogen (secondary N) is 1. The number of rotatable bonds is 6. The van der Waals surface area contributed by atoms with Crippen molar-refractivity contribution in [2.24, 2.45) is 11.8 Å². The van der Waals surface area contributed by atoms with E-state index in [9.17, 15) is 18.0 Å². The van der Waals surface area contributed by atoms with Crippen LogP contribution in [-0.2, 0) is 19.6 Å². The Hall–Kier alpha value is -1.45. The molecule has 1 fully saturated rings. The first kappa shape index (κ1) is 22.8. The summed E-state index contributed by atoms with van der Waals surface area (Å²) in [6.07, 6.45) is 1.07. The fraction of sp³-hybridized carbons (Fsp3) is 0.579. The molecule has 0 radical (unpaired) electrons. The zero-order chi connectivity index (χ0) is 21.1. The highest BCUT2D eigenvalue weighted by Gasteiger charge is 2.26. The molecule has 1 heterocycles. The number of piperidine rings is 1. The summed E-state index contributed by atoms with van der Waals surface area (Å²) in [4.78, 5) is 26.5. The van der Waals surface area contributed by atoms with Gasteiger partial charge >= 0.3 is 5.97 Å². The Balaban J connectivity index is 2.08. The van der Waals surface area contributed by atoms with Gasteiger partial charge in [0, 0.05) is 23.6 Å². The molecule has 2 rings (SSSR count). The number of carbonyl (C=O) groups excluding carboxylic acids is 2. The number of benzene rings is 1. The van der Waals surface area contributed by atoms with E-state index in [2.05, 4.69) is 34.5 Å². The average Bonchev–Trinajstić information content (AvgIpc) is 2.57. The number of carbonyl (C=O) groups is 2. The van der Waals surface area contributed by atoms with Crippen LogP contribution in [0.3, 0.4) is 0 Å². The first-order valence-corrected chi connectivity index (χ1v) is 11.5. The van der Waals surface area contributed by atoms with E-state index in [1.54, 1.807) is 18.7 Å². The molecular formula is C19H27BrN2O5S. The van der Waals surface area contributed by atoms with Gasteiger partial charge in [-0.2, -0.15) is 0 Å². The molecule has 1 saturated heterocycles. The number of likely N-dealkylation sites (tertiary alicyclic amines) is 1. The van der Waals surface area contributed by atoms with E-state index in [1.807, 2.05) is 0 Å². The Morgan fingerprint density at radius 3 is 2.43 bits per heavy atom. The number of halogens is 1. The van der Waals surface area contributed by atoms with Gasteiger partial charge < -0.3 is 9.64 Å². The molecule has 1 N–H and O–H groups in total.